The molecular weight excluding hydrogens is 233 g/mol. The van der Waals surface area contributed by atoms with Crippen molar-refractivity contribution in [2.75, 3.05) is 11.1 Å². The number of carbonyl (C=O) groups is 1. The van der Waals surface area contributed by atoms with E-state index in [4.69, 9.17) is 5.73 Å². The highest BCUT2D eigenvalue weighted by Gasteiger charge is 2.09. The van der Waals surface area contributed by atoms with Gasteiger partial charge in [-0.05, 0) is 36.8 Å². The van der Waals surface area contributed by atoms with Gasteiger partial charge in [-0.2, -0.15) is 0 Å². The van der Waals surface area contributed by atoms with Crippen molar-refractivity contribution < 1.29 is 9.18 Å². The van der Waals surface area contributed by atoms with Gasteiger partial charge in [0.1, 0.15) is 5.82 Å². The first-order valence-corrected chi connectivity index (χ1v) is 5.34. The molecule has 1 aromatic heterocycles. The van der Waals surface area contributed by atoms with E-state index in [1.165, 1.54) is 24.5 Å². The number of rotatable bonds is 2. The molecule has 0 aliphatic carbocycles. The number of aromatic nitrogens is 1. The second-order valence-electron chi connectivity index (χ2n) is 3.93. The molecule has 0 aliphatic heterocycles. The number of anilines is 2. The summed E-state index contributed by atoms with van der Waals surface area (Å²) in [4.78, 5) is 15.7. The van der Waals surface area contributed by atoms with Gasteiger partial charge in [-0.1, -0.05) is 0 Å². The molecule has 0 spiro atoms. The van der Waals surface area contributed by atoms with E-state index in [-0.39, 0.29) is 5.56 Å². The maximum atomic E-state index is 13.2. The first-order valence-electron chi connectivity index (χ1n) is 5.34. The molecule has 92 valence electrons. The lowest BCUT2D eigenvalue weighted by Crippen LogP contribution is -2.13. The van der Waals surface area contributed by atoms with E-state index in [0.29, 0.717) is 16.9 Å². The quantitative estimate of drug-likeness (QED) is 0.853. The first-order chi connectivity index (χ1) is 8.56. The fourth-order valence-electron chi connectivity index (χ4n) is 1.58. The monoisotopic (exact) mass is 245 g/mol. The van der Waals surface area contributed by atoms with E-state index in [0.717, 1.165) is 0 Å². The third-order valence-electron chi connectivity index (χ3n) is 2.40. The van der Waals surface area contributed by atoms with Gasteiger partial charge in [0.2, 0.25) is 0 Å². The second kappa shape index (κ2) is 4.83. The topological polar surface area (TPSA) is 68.0 Å². The summed E-state index contributed by atoms with van der Waals surface area (Å²) in [5, 5.41) is 2.61. The van der Waals surface area contributed by atoms with E-state index in [1.807, 2.05) is 0 Å². The predicted octanol–water partition coefficient (Wildman–Crippen LogP) is 2.36. The summed E-state index contributed by atoms with van der Waals surface area (Å²) in [5.74, 6) is -0.849. The number of amides is 1. The van der Waals surface area contributed by atoms with Crippen LogP contribution in [-0.2, 0) is 0 Å². The SMILES string of the molecule is Cc1cc(F)cc(C(=O)Nc2ccncc2N)c1. The number of hydrogen-bond acceptors (Lipinski definition) is 3. The Balaban J connectivity index is 2.25. The molecule has 0 saturated carbocycles. The molecule has 0 atom stereocenters. The number of pyridine rings is 1. The minimum absolute atomic E-state index is 0.253. The van der Waals surface area contributed by atoms with Crippen LogP contribution in [0.25, 0.3) is 0 Å². The van der Waals surface area contributed by atoms with E-state index >= 15 is 0 Å². The lowest BCUT2D eigenvalue weighted by Gasteiger charge is -2.08. The molecule has 1 amide bonds. The Labute approximate surface area is 104 Å². The molecule has 5 heteroatoms. The maximum Gasteiger partial charge on any atom is 0.255 e. The minimum atomic E-state index is -0.442. The first kappa shape index (κ1) is 12.0. The Morgan fingerprint density at radius 1 is 1.39 bits per heavy atom. The third-order valence-corrected chi connectivity index (χ3v) is 2.40. The zero-order valence-electron chi connectivity index (χ0n) is 9.77. The number of nitrogens with one attached hydrogen (secondary N) is 1. The van der Waals surface area contributed by atoms with Crippen molar-refractivity contribution in [3.63, 3.8) is 0 Å². The number of carbonyl (C=O) groups excluding carboxylic acids is 1. The predicted molar refractivity (Wildman–Crippen MR) is 67.7 cm³/mol. The van der Waals surface area contributed by atoms with E-state index in [9.17, 15) is 9.18 Å². The van der Waals surface area contributed by atoms with Crippen LogP contribution < -0.4 is 11.1 Å². The number of halogens is 1. The molecule has 0 radical (unpaired) electrons. The largest absolute Gasteiger partial charge is 0.396 e. The van der Waals surface area contributed by atoms with Gasteiger partial charge in [0.15, 0.2) is 0 Å². The number of hydrogen-bond donors (Lipinski definition) is 2. The Bertz CT molecular complexity index is 578. The molecule has 3 N–H and O–H groups in total. The van der Waals surface area contributed by atoms with Crippen LogP contribution in [0.1, 0.15) is 15.9 Å². The minimum Gasteiger partial charge on any atom is -0.396 e. The highest BCUT2D eigenvalue weighted by molar-refractivity contribution is 6.05. The van der Waals surface area contributed by atoms with Gasteiger partial charge in [-0.3, -0.25) is 9.78 Å². The fourth-order valence-corrected chi connectivity index (χ4v) is 1.58. The second-order valence-corrected chi connectivity index (χ2v) is 3.93. The molecule has 2 aromatic rings. The van der Waals surface area contributed by atoms with Gasteiger partial charge in [0, 0.05) is 11.8 Å². The molecule has 0 bridgehead atoms. The molecule has 0 unspecified atom stereocenters. The summed E-state index contributed by atoms with van der Waals surface area (Å²) in [6, 6.07) is 5.73. The summed E-state index contributed by atoms with van der Waals surface area (Å²) >= 11 is 0. The summed E-state index contributed by atoms with van der Waals surface area (Å²) < 4.78 is 13.2. The summed E-state index contributed by atoms with van der Waals surface area (Å²) in [6.07, 6.45) is 2.95. The molecule has 2 rings (SSSR count). The highest BCUT2D eigenvalue weighted by atomic mass is 19.1. The zero-order valence-corrected chi connectivity index (χ0v) is 9.77. The van der Waals surface area contributed by atoms with Crippen molar-refractivity contribution >= 4 is 17.3 Å². The Morgan fingerprint density at radius 3 is 2.83 bits per heavy atom. The van der Waals surface area contributed by atoms with Crippen molar-refractivity contribution in [1.29, 1.82) is 0 Å². The maximum absolute atomic E-state index is 13.2. The molecular formula is C13H12FN3O. The van der Waals surface area contributed by atoms with E-state index in [1.54, 1.807) is 19.1 Å². The molecule has 4 nitrogen and oxygen atoms in total. The molecule has 0 saturated heterocycles. The summed E-state index contributed by atoms with van der Waals surface area (Å²) in [5.41, 5.74) is 7.41. The molecule has 1 heterocycles. The molecule has 1 aromatic carbocycles. The number of nitrogens with two attached hydrogens (primary N) is 1. The Kier molecular flexibility index (Phi) is 3.23. The van der Waals surface area contributed by atoms with Crippen LogP contribution in [0.5, 0.6) is 0 Å². The zero-order chi connectivity index (χ0) is 13.1. The number of nitrogens with zero attached hydrogens (tertiary/aromatic N) is 1. The van der Waals surface area contributed by atoms with Gasteiger partial charge in [0.05, 0.1) is 17.6 Å². The van der Waals surface area contributed by atoms with Crippen molar-refractivity contribution in [2.45, 2.75) is 6.92 Å². The van der Waals surface area contributed by atoms with Gasteiger partial charge >= 0.3 is 0 Å². The van der Waals surface area contributed by atoms with Gasteiger partial charge in [-0.25, -0.2) is 4.39 Å². The lowest BCUT2D eigenvalue weighted by molar-refractivity contribution is 0.102. The Hall–Kier alpha value is -2.43. The lowest BCUT2D eigenvalue weighted by atomic mass is 10.1. The van der Waals surface area contributed by atoms with Gasteiger partial charge < -0.3 is 11.1 Å². The van der Waals surface area contributed by atoms with Crippen molar-refractivity contribution in [2.24, 2.45) is 0 Å². The number of aryl methyl sites for hydroxylation is 1. The van der Waals surface area contributed by atoms with Crippen LogP contribution in [0.4, 0.5) is 15.8 Å². The van der Waals surface area contributed by atoms with E-state index in [2.05, 4.69) is 10.3 Å². The Morgan fingerprint density at radius 2 is 2.17 bits per heavy atom. The number of benzene rings is 1. The smallest absolute Gasteiger partial charge is 0.255 e. The molecule has 18 heavy (non-hydrogen) atoms. The van der Waals surface area contributed by atoms with Crippen LogP contribution >= 0.6 is 0 Å². The van der Waals surface area contributed by atoms with Gasteiger partial charge in [-0.15, -0.1) is 0 Å². The van der Waals surface area contributed by atoms with Gasteiger partial charge in [0.25, 0.3) is 5.91 Å². The summed E-state index contributed by atoms with van der Waals surface area (Å²) in [6.45, 7) is 1.72. The van der Waals surface area contributed by atoms with Crippen LogP contribution in [-0.4, -0.2) is 10.9 Å². The van der Waals surface area contributed by atoms with Crippen molar-refractivity contribution in [3.8, 4) is 0 Å². The van der Waals surface area contributed by atoms with Crippen LogP contribution in [0.3, 0.4) is 0 Å². The number of nitrogen functional groups attached to an aromatic ring is 1. The molecule has 0 aliphatic rings. The average Bonchev–Trinajstić information content (AvgIpc) is 2.31. The summed E-state index contributed by atoms with van der Waals surface area (Å²) in [7, 11) is 0. The van der Waals surface area contributed by atoms with Crippen LogP contribution in [0, 0.1) is 12.7 Å². The highest BCUT2D eigenvalue weighted by Crippen LogP contribution is 2.17. The van der Waals surface area contributed by atoms with Crippen LogP contribution in [0.15, 0.2) is 36.7 Å². The molecule has 0 fully saturated rings. The van der Waals surface area contributed by atoms with Crippen molar-refractivity contribution in [1.82, 2.24) is 4.98 Å². The average molecular weight is 245 g/mol. The van der Waals surface area contributed by atoms with Crippen molar-refractivity contribution in [3.05, 3.63) is 53.6 Å². The third kappa shape index (κ3) is 2.63. The van der Waals surface area contributed by atoms with Crippen LogP contribution in [0.2, 0.25) is 0 Å². The van der Waals surface area contributed by atoms with E-state index < -0.39 is 11.7 Å². The standard InChI is InChI=1S/C13H12FN3O/c1-8-4-9(6-10(14)5-8)13(18)17-12-2-3-16-7-11(12)15/h2-7H,15H2,1H3,(H,16,17,18). The normalized spacial score (nSPS) is 10.1. The fraction of sp³-hybridized carbons (Fsp3) is 0.0769.